The summed E-state index contributed by atoms with van der Waals surface area (Å²) in [6.07, 6.45) is 2.24. The van der Waals surface area contributed by atoms with Crippen molar-refractivity contribution in [2.45, 2.75) is 78.0 Å². The quantitative estimate of drug-likeness (QED) is 0.713. The van der Waals surface area contributed by atoms with Crippen molar-refractivity contribution in [1.82, 2.24) is 5.32 Å². The molecule has 150 valence electrons. The highest BCUT2D eigenvalue weighted by Crippen LogP contribution is 2.29. The van der Waals surface area contributed by atoms with Gasteiger partial charge in [-0.3, -0.25) is 4.79 Å². The van der Waals surface area contributed by atoms with Crippen molar-refractivity contribution in [3.63, 3.8) is 0 Å². The van der Waals surface area contributed by atoms with Gasteiger partial charge >= 0.3 is 12.1 Å². The molecule has 2 rings (SSSR count). The summed E-state index contributed by atoms with van der Waals surface area (Å²) < 4.78 is 11.1. The Morgan fingerprint density at radius 2 is 1.93 bits per heavy atom. The molecule has 1 heterocycles. The molecule has 5 nitrogen and oxygen atoms in total. The number of hydrogen-bond donors (Lipinski definition) is 1. The predicted octanol–water partition coefficient (Wildman–Crippen LogP) is 4.49. The third-order valence-electron chi connectivity index (χ3n) is 4.66. The Morgan fingerprint density at radius 3 is 2.52 bits per heavy atom. The molecule has 5 heteroatoms. The van der Waals surface area contributed by atoms with Gasteiger partial charge in [0.2, 0.25) is 0 Å². The van der Waals surface area contributed by atoms with E-state index >= 15 is 0 Å². The highest BCUT2D eigenvalue weighted by atomic mass is 16.6. The first-order chi connectivity index (χ1) is 12.6. The van der Waals surface area contributed by atoms with Gasteiger partial charge < -0.3 is 14.8 Å². The average molecular weight is 376 g/mol. The normalized spacial score (nSPS) is 21.0. The summed E-state index contributed by atoms with van der Waals surface area (Å²) in [4.78, 5) is 24.6. The maximum Gasteiger partial charge on any atom is 0.408 e. The standard InChI is InChI=1S/C22H33NO4/c1-15(2)11-12-17-14-19(26-20(17)24)18(13-16-9-7-6-8-10-16)23-21(25)27-22(3,4)5/h6-10,15,17-19H,11-14H2,1-5H3,(H,23,25)/t17-,18+,19+/m1/s1. The molecule has 1 saturated heterocycles. The topological polar surface area (TPSA) is 64.6 Å². The molecule has 0 radical (unpaired) electrons. The zero-order valence-corrected chi connectivity index (χ0v) is 17.2. The molecule has 0 spiro atoms. The van der Waals surface area contributed by atoms with E-state index in [1.165, 1.54) is 0 Å². The van der Waals surface area contributed by atoms with E-state index in [2.05, 4.69) is 19.2 Å². The molecule has 1 fully saturated rings. The summed E-state index contributed by atoms with van der Waals surface area (Å²) in [5, 5.41) is 2.93. The van der Waals surface area contributed by atoms with E-state index < -0.39 is 11.7 Å². The minimum absolute atomic E-state index is 0.0869. The monoisotopic (exact) mass is 375 g/mol. The van der Waals surface area contributed by atoms with Crippen molar-refractivity contribution < 1.29 is 19.1 Å². The fraction of sp³-hybridized carbons (Fsp3) is 0.636. The number of nitrogens with one attached hydrogen (secondary N) is 1. The van der Waals surface area contributed by atoms with Gasteiger partial charge in [-0.15, -0.1) is 0 Å². The number of carbonyl (C=O) groups is 2. The molecule has 0 saturated carbocycles. The molecule has 0 unspecified atom stereocenters. The van der Waals surface area contributed by atoms with Crippen LogP contribution in [-0.4, -0.2) is 29.8 Å². The molecule has 1 N–H and O–H groups in total. The van der Waals surface area contributed by atoms with Gasteiger partial charge in [-0.05, 0) is 51.5 Å². The Bertz CT molecular complexity index is 621. The smallest absolute Gasteiger partial charge is 0.408 e. The number of rotatable bonds is 7. The van der Waals surface area contributed by atoms with E-state index in [1.54, 1.807) is 0 Å². The van der Waals surface area contributed by atoms with Gasteiger partial charge in [-0.2, -0.15) is 0 Å². The van der Waals surface area contributed by atoms with Gasteiger partial charge in [-0.1, -0.05) is 50.6 Å². The van der Waals surface area contributed by atoms with Crippen LogP contribution in [0.25, 0.3) is 0 Å². The van der Waals surface area contributed by atoms with E-state index in [1.807, 2.05) is 51.1 Å². The summed E-state index contributed by atoms with van der Waals surface area (Å²) in [6.45, 7) is 9.79. The molecule has 3 atom stereocenters. The third kappa shape index (κ3) is 7.24. The number of hydrogen-bond acceptors (Lipinski definition) is 4. The Kier molecular flexibility index (Phi) is 7.28. The second-order valence-electron chi connectivity index (χ2n) is 8.82. The van der Waals surface area contributed by atoms with Crippen LogP contribution in [0.15, 0.2) is 30.3 Å². The van der Waals surface area contributed by atoms with Crippen molar-refractivity contribution in [2.75, 3.05) is 0 Å². The van der Waals surface area contributed by atoms with Crippen LogP contribution < -0.4 is 5.32 Å². The molecule has 1 amide bonds. The van der Waals surface area contributed by atoms with Crippen LogP contribution in [0.1, 0.15) is 59.4 Å². The molecule has 1 aliphatic rings. The summed E-state index contributed by atoms with van der Waals surface area (Å²) in [5.41, 5.74) is 0.508. The molecule has 0 bridgehead atoms. The van der Waals surface area contributed by atoms with Gasteiger partial charge in [0.05, 0.1) is 12.0 Å². The van der Waals surface area contributed by atoms with Crippen LogP contribution >= 0.6 is 0 Å². The van der Waals surface area contributed by atoms with Crippen molar-refractivity contribution in [3.8, 4) is 0 Å². The summed E-state index contributed by atoms with van der Waals surface area (Å²) in [6, 6.07) is 9.60. The lowest BCUT2D eigenvalue weighted by molar-refractivity contribution is -0.145. The molecule has 1 aromatic rings. The molecule has 1 aromatic carbocycles. The fourth-order valence-electron chi connectivity index (χ4n) is 3.29. The molecular formula is C22H33NO4. The lowest BCUT2D eigenvalue weighted by Crippen LogP contribution is -2.46. The van der Waals surface area contributed by atoms with Gasteiger partial charge in [0, 0.05) is 0 Å². The van der Waals surface area contributed by atoms with Crippen LogP contribution in [0, 0.1) is 11.8 Å². The number of esters is 1. The van der Waals surface area contributed by atoms with Gasteiger partial charge in [0.1, 0.15) is 11.7 Å². The van der Waals surface area contributed by atoms with Crippen molar-refractivity contribution >= 4 is 12.1 Å². The minimum Gasteiger partial charge on any atom is -0.460 e. The Hall–Kier alpha value is -2.04. The lowest BCUT2D eigenvalue weighted by atomic mass is 9.91. The fourth-order valence-corrected chi connectivity index (χ4v) is 3.29. The number of ether oxygens (including phenoxy) is 2. The first-order valence-corrected chi connectivity index (χ1v) is 9.88. The zero-order valence-electron chi connectivity index (χ0n) is 17.2. The van der Waals surface area contributed by atoms with E-state index in [-0.39, 0.29) is 24.0 Å². The van der Waals surface area contributed by atoms with Gasteiger partial charge in [0.25, 0.3) is 0 Å². The minimum atomic E-state index is -0.576. The molecule has 27 heavy (non-hydrogen) atoms. The zero-order chi connectivity index (χ0) is 20.0. The Morgan fingerprint density at radius 1 is 1.26 bits per heavy atom. The van der Waals surface area contributed by atoms with Crippen molar-refractivity contribution in [2.24, 2.45) is 11.8 Å². The van der Waals surface area contributed by atoms with Crippen molar-refractivity contribution in [1.29, 1.82) is 0 Å². The summed E-state index contributed by atoms with van der Waals surface area (Å²) in [5.74, 6) is 0.317. The third-order valence-corrected chi connectivity index (χ3v) is 4.66. The maximum absolute atomic E-state index is 12.3. The molecule has 0 aliphatic carbocycles. The highest BCUT2D eigenvalue weighted by molar-refractivity contribution is 5.75. The van der Waals surface area contributed by atoms with Crippen LogP contribution in [0.5, 0.6) is 0 Å². The molecular weight excluding hydrogens is 342 g/mol. The number of amides is 1. The van der Waals surface area contributed by atoms with Gasteiger partial charge in [0.15, 0.2) is 0 Å². The molecule has 0 aromatic heterocycles. The van der Waals surface area contributed by atoms with Crippen LogP contribution in [0.4, 0.5) is 4.79 Å². The maximum atomic E-state index is 12.3. The number of alkyl carbamates (subject to hydrolysis) is 1. The predicted molar refractivity (Wildman–Crippen MR) is 105 cm³/mol. The Labute approximate surface area is 162 Å². The van der Waals surface area contributed by atoms with Crippen LogP contribution in [-0.2, 0) is 20.7 Å². The second-order valence-corrected chi connectivity index (χ2v) is 8.82. The van der Waals surface area contributed by atoms with Crippen LogP contribution in [0.3, 0.4) is 0 Å². The largest absolute Gasteiger partial charge is 0.460 e. The number of carbonyl (C=O) groups excluding carboxylic acids is 2. The van der Waals surface area contributed by atoms with E-state index in [4.69, 9.17) is 9.47 Å². The second kappa shape index (κ2) is 9.25. The SMILES string of the molecule is CC(C)CC[C@@H]1C[C@@H]([C@H](Cc2ccccc2)NC(=O)OC(C)(C)C)OC1=O. The Balaban J connectivity index is 2.07. The number of cyclic esters (lactones) is 1. The van der Waals surface area contributed by atoms with E-state index in [9.17, 15) is 9.59 Å². The molecule has 1 aliphatic heterocycles. The number of benzene rings is 1. The van der Waals surface area contributed by atoms with E-state index in [0.29, 0.717) is 18.8 Å². The van der Waals surface area contributed by atoms with Gasteiger partial charge in [-0.25, -0.2) is 4.79 Å². The lowest BCUT2D eigenvalue weighted by Gasteiger charge is -2.26. The van der Waals surface area contributed by atoms with Crippen molar-refractivity contribution in [3.05, 3.63) is 35.9 Å². The average Bonchev–Trinajstić information content (AvgIpc) is 2.92. The first-order valence-electron chi connectivity index (χ1n) is 9.88. The van der Waals surface area contributed by atoms with E-state index in [0.717, 1.165) is 18.4 Å². The summed E-state index contributed by atoms with van der Waals surface area (Å²) >= 11 is 0. The summed E-state index contributed by atoms with van der Waals surface area (Å²) in [7, 11) is 0. The highest BCUT2D eigenvalue weighted by Gasteiger charge is 2.39. The van der Waals surface area contributed by atoms with Crippen LogP contribution in [0.2, 0.25) is 0 Å². The first kappa shape index (κ1) is 21.3.